The van der Waals surface area contributed by atoms with Gasteiger partial charge < -0.3 is 9.80 Å². The third-order valence-corrected chi connectivity index (χ3v) is 6.10. The normalized spacial score (nSPS) is 17.0. The molecular formula is C23H31FN4O3. The SMILES string of the molecule is CCN(CC1CCCN(CCc2cccc(F)c2)C1)C(=O)c1cc(=O)n(C)c(=O)n1C. The fourth-order valence-corrected chi connectivity index (χ4v) is 4.25. The van der Waals surface area contributed by atoms with Crippen molar-refractivity contribution in [2.75, 3.05) is 32.7 Å². The van der Waals surface area contributed by atoms with E-state index in [9.17, 15) is 18.8 Å². The maximum Gasteiger partial charge on any atom is 0.331 e. The van der Waals surface area contributed by atoms with E-state index in [2.05, 4.69) is 4.90 Å². The number of hydrogen-bond acceptors (Lipinski definition) is 4. The molecule has 168 valence electrons. The molecule has 0 radical (unpaired) electrons. The molecule has 31 heavy (non-hydrogen) atoms. The number of halogens is 1. The summed E-state index contributed by atoms with van der Waals surface area (Å²) >= 11 is 0. The zero-order chi connectivity index (χ0) is 22.5. The average molecular weight is 431 g/mol. The van der Waals surface area contributed by atoms with Gasteiger partial charge in [0.05, 0.1) is 0 Å². The summed E-state index contributed by atoms with van der Waals surface area (Å²) in [7, 11) is 2.91. The number of amides is 1. The van der Waals surface area contributed by atoms with Gasteiger partial charge in [-0.25, -0.2) is 9.18 Å². The van der Waals surface area contributed by atoms with Crippen LogP contribution < -0.4 is 11.2 Å². The molecule has 1 amide bonds. The summed E-state index contributed by atoms with van der Waals surface area (Å²) in [6.07, 6.45) is 2.86. The molecular weight excluding hydrogens is 399 g/mol. The van der Waals surface area contributed by atoms with Gasteiger partial charge in [0, 0.05) is 46.3 Å². The van der Waals surface area contributed by atoms with Crippen molar-refractivity contribution in [1.82, 2.24) is 18.9 Å². The molecule has 1 saturated heterocycles. The summed E-state index contributed by atoms with van der Waals surface area (Å²) in [4.78, 5) is 41.4. The highest BCUT2D eigenvalue weighted by Crippen LogP contribution is 2.19. The second kappa shape index (κ2) is 10.0. The van der Waals surface area contributed by atoms with Gasteiger partial charge in [-0.15, -0.1) is 0 Å². The molecule has 1 aromatic carbocycles. The van der Waals surface area contributed by atoms with E-state index in [4.69, 9.17) is 0 Å². The van der Waals surface area contributed by atoms with Gasteiger partial charge in [0.25, 0.3) is 11.5 Å². The number of benzene rings is 1. The Balaban J connectivity index is 1.64. The molecule has 7 nitrogen and oxygen atoms in total. The van der Waals surface area contributed by atoms with Crippen LogP contribution in [-0.4, -0.2) is 57.6 Å². The smallest absolute Gasteiger partial charge is 0.331 e. The minimum absolute atomic E-state index is 0.119. The lowest BCUT2D eigenvalue weighted by Gasteiger charge is -2.35. The third-order valence-electron chi connectivity index (χ3n) is 6.10. The van der Waals surface area contributed by atoms with Gasteiger partial charge in [0.15, 0.2) is 0 Å². The van der Waals surface area contributed by atoms with Gasteiger partial charge in [-0.3, -0.25) is 18.7 Å². The second-order valence-corrected chi connectivity index (χ2v) is 8.30. The quantitative estimate of drug-likeness (QED) is 0.670. The fourth-order valence-electron chi connectivity index (χ4n) is 4.25. The van der Waals surface area contributed by atoms with Crippen LogP contribution >= 0.6 is 0 Å². The summed E-state index contributed by atoms with van der Waals surface area (Å²) in [6.45, 7) is 5.70. The Morgan fingerprint density at radius 1 is 1.19 bits per heavy atom. The van der Waals surface area contributed by atoms with Crippen molar-refractivity contribution in [3.63, 3.8) is 0 Å². The largest absolute Gasteiger partial charge is 0.337 e. The van der Waals surface area contributed by atoms with Gasteiger partial charge in [-0.2, -0.15) is 0 Å². The lowest BCUT2D eigenvalue weighted by molar-refractivity contribution is 0.0679. The number of carbonyl (C=O) groups excluding carboxylic acids is 1. The van der Waals surface area contributed by atoms with Gasteiger partial charge >= 0.3 is 5.69 Å². The van der Waals surface area contributed by atoms with Crippen molar-refractivity contribution in [2.24, 2.45) is 20.0 Å². The van der Waals surface area contributed by atoms with E-state index in [1.807, 2.05) is 13.0 Å². The molecule has 2 aromatic rings. The Hall–Kier alpha value is -2.74. The van der Waals surface area contributed by atoms with Crippen LogP contribution in [-0.2, 0) is 20.5 Å². The van der Waals surface area contributed by atoms with Crippen LogP contribution in [0.1, 0.15) is 35.8 Å². The van der Waals surface area contributed by atoms with E-state index in [1.54, 1.807) is 17.0 Å². The molecule has 1 fully saturated rings. The van der Waals surface area contributed by atoms with E-state index in [0.29, 0.717) is 19.0 Å². The summed E-state index contributed by atoms with van der Waals surface area (Å²) < 4.78 is 15.6. The molecule has 1 aliphatic heterocycles. The Labute approximate surface area is 181 Å². The van der Waals surface area contributed by atoms with E-state index in [0.717, 1.165) is 49.0 Å². The van der Waals surface area contributed by atoms with E-state index in [1.165, 1.54) is 30.8 Å². The number of nitrogens with zero attached hydrogens (tertiary/aromatic N) is 4. The first-order chi connectivity index (χ1) is 14.8. The van der Waals surface area contributed by atoms with Crippen molar-refractivity contribution < 1.29 is 9.18 Å². The highest BCUT2D eigenvalue weighted by atomic mass is 19.1. The van der Waals surface area contributed by atoms with Gasteiger partial charge in [0.2, 0.25) is 0 Å². The van der Waals surface area contributed by atoms with Crippen LogP contribution in [0.2, 0.25) is 0 Å². The molecule has 3 rings (SSSR count). The minimum atomic E-state index is -0.506. The molecule has 1 aliphatic rings. The summed E-state index contributed by atoms with van der Waals surface area (Å²) in [5, 5.41) is 0. The van der Waals surface area contributed by atoms with Gasteiger partial charge in [-0.1, -0.05) is 12.1 Å². The maximum absolute atomic E-state index is 13.4. The highest BCUT2D eigenvalue weighted by Gasteiger charge is 2.25. The predicted molar refractivity (Wildman–Crippen MR) is 118 cm³/mol. The van der Waals surface area contributed by atoms with Crippen LogP contribution in [0.4, 0.5) is 4.39 Å². The van der Waals surface area contributed by atoms with Crippen LogP contribution in [0.5, 0.6) is 0 Å². The third kappa shape index (κ3) is 5.50. The van der Waals surface area contributed by atoms with Gasteiger partial charge in [-0.05, 0) is 56.3 Å². The van der Waals surface area contributed by atoms with E-state index in [-0.39, 0.29) is 17.4 Å². The standard InChI is InChI=1S/C23H31FN4O3/c1-4-28(22(30)20-14-21(29)26(3)23(31)25(20)2)16-18-8-6-11-27(15-18)12-10-17-7-5-9-19(24)13-17/h5,7,9,13-14,18H,4,6,8,10-12,15-16H2,1-3H3. The van der Waals surface area contributed by atoms with Crippen molar-refractivity contribution in [2.45, 2.75) is 26.2 Å². The van der Waals surface area contributed by atoms with Crippen molar-refractivity contribution in [3.8, 4) is 0 Å². The summed E-state index contributed by atoms with van der Waals surface area (Å²) in [6, 6.07) is 7.94. The molecule has 0 bridgehead atoms. The molecule has 0 N–H and O–H groups in total. The number of hydrogen-bond donors (Lipinski definition) is 0. The van der Waals surface area contributed by atoms with E-state index < -0.39 is 11.2 Å². The number of piperidine rings is 1. The molecule has 0 aliphatic carbocycles. The van der Waals surface area contributed by atoms with Gasteiger partial charge in [0.1, 0.15) is 11.5 Å². The van der Waals surface area contributed by atoms with Crippen LogP contribution in [0.3, 0.4) is 0 Å². The second-order valence-electron chi connectivity index (χ2n) is 8.30. The zero-order valence-electron chi connectivity index (χ0n) is 18.5. The highest BCUT2D eigenvalue weighted by molar-refractivity contribution is 5.92. The van der Waals surface area contributed by atoms with Crippen molar-refractivity contribution >= 4 is 5.91 Å². The van der Waals surface area contributed by atoms with Crippen LogP contribution in [0.25, 0.3) is 0 Å². The number of likely N-dealkylation sites (tertiary alicyclic amines) is 1. The molecule has 1 atom stereocenters. The molecule has 0 saturated carbocycles. The Morgan fingerprint density at radius 3 is 2.68 bits per heavy atom. The molecule has 8 heteroatoms. The summed E-state index contributed by atoms with van der Waals surface area (Å²) in [5.41, 5.74) is 0.115. The number of rotatable bonds is 7. The molecule has 1 aromatic heterocycles. The summed E-state index contributed by atoms with van der Waals surface area (Å²) in [5.74, 6) is -0.193. The minimum Gasteiger partial charge on any atom is -0.337 e. The molecule has 2 heterocycles. The first-order valence-corrected chi connectivity index (χ1v) is 10.8. The average Bonchev–Trinajstić information content (AvgIpc) is 2.77. The lowest BCUT2D eigenvalue weighted by Crippen LogP contribution is -2.46. The topological polar surface area (TPSA) is 67.6 Å². The van der Waals surface area contributed by atoms with Crippen LogP contribution in [0, 0.1) is 11.7 Å². The Bertz CT molecular complexity index is 1050. The Kier molecular flexibility index (Phi) is 7.43. The first kappa shape index (κ1) is 22.9. The van der Waals surface area contributed by atoms with Crippen LogP contribution in [0.15, 0.2) is 39.9 Å². The molecule has 0 spiro atoms. The predicted octanol–water partition coefficient (Wildman–Crippen LogP) is 1.64. The molecule has 1 unspecified atom stereocenters. The monoisotopic (exact) mass is 430 g/mol. The maximum atomic E-state index is 13.4. The first-order valence-electron chi connectivity index (χ1n) is 10.8. The number of aromatic nitrogens is 2. The van der Waals surface area contributed by atoms with Crippen molar-refractivity contribution in [1.29, 1.82) is 0 Å². The zero-order valence-corrected chi connectivity index (χ0v) is 18.5. The number of carbonyl (C=O) groups is 1. The fraction of sp³-hybridized carbons (Fsp3) is 0.522. The lowest BCUT2D eigenvalue weighted by atomic mass is 9.96. The van der Waals surface area contributed by atoms with E-state index >= 15 is 0 Å². The Morgan fingerprint density at radius 2 is 1.97 bits per heavy atom. The van der Waals surface area contributed by atoms with Crippen molar-refractivity contribution in [3.05, 3.63) is 68.2 Å².